The maximum absolute atomic E-state index is 11.9. The van der Waals surface area contributed by atoms with Crippen LogP contribution in [-0.4, -0.2) is 21.2 Å². The van der Waals surface area contributed by atoms with Crippen LogP contribution in [0.15, 0.2) is 23.1 Å². The summed E-state index contributed by atoms with van der Waals surface area (Å²) >= 11 is 5.58. The number of anilines is 1. The molecule has 0 aliphatic rings. The van der Waals surface area contributed by atoms with E-state index in [0.717, 1.165) is 0 Å². The molecule has 0 radical (unpaired) electrons. The highest BCUT2D eigenvalue weighted by molar-refractivity contribution is 8.00. The van der Waals surface area contributed by atoms with Gasteiger partial charge in [-0.05, 0) is 18.2 Å². The average molecular weight is 304 g/mol. The van der Waals surface area contributed by atoms with Gasteiger partial charge in [0.25, 0.3) is 0 Å². The van der Waals surface area contributed by atoms with E-state index in [0.29, 0.717) is 5.69 Å². The highest BCUT2D eigenvalue weighted by Gasteiger charge is 2.28. The number of rotatable bonds is 4. The molecule has 1 aromatic carbocycles. The summed E-state index contributed by atoms with van der Waals surface area (Å²) in [6.45, 7) is 0. The minimum absolute atomic E-state index is 0.118. The van der Waals surface area contributed by atoms with Gasteiger partial charge in [-0.3, -0.25) is 4.21 Å². The molecule has 1 unspecified atom stereocenters. The first-order valence-corrected chi connectivity index (χ1v) is 7.12. The third kappa shape index (κ3) is 5.18. The summed E-state index contributed by atoms with van der Waals surface area (Å²) in [4.78, 5) is 0.273. The van der Waals surface area contributed by atoms with Gasteiger partial charge in [0.15, 0.2) is 0 Å². The van der Waals surface area contributed by atoms with E-state index in [1.165, 1.54) is 18.2 Å². The van der Waals surface area contributed by atoms with Gasteiger partial charge in [-0.1, -0.05) is 23.4 Å². The van der Waals surface area contributed by atoms with Gasteiger partial charge in [0.05, 0.1) is 20.7 Å². The molecule has 0 fully saturated rings. The fraction of sp³-hybridized carbons (Fsp3) is 0.333. The fourth-order valence-electron chi connectivity index (χ4n) is 1.04. The number of benzene rings is 1. The topological polar surface area (TPSA) is 43.1 Å². The first kappa shape index (κ1) is 14.7. The molecule has 0 heterocycles. The van der Waals surface area contributed by atoms with Crippen LogP contribution in [0.25, 0.3) is 0 Å². The first-order chi connectivity index (χ1) is 7.79. The highest BCUT2D eigenvalue weighted by Crippen LogP contribution is 2.30. The largest absolute Gasteiger partial charge is 0.441 e. The average Bonchev–Trinajstić information content (AvgIpc) is 2.19. The van der Waals surface area contributed by atoms with Crippen molar-refractivity contribution in [1.29, 1.82) is 0 Å². The predicted octanol–water partition coefficient (Wildman–Crippen LogP) is 3.28. The second-order valence-electron chi connectivity index (χ2n) is 3.03. The maximum Gasteiger partial charge on any atom is 0.441 e. The quantitative estimate of drug-likeness (QED) is 0.868. The number of thioether (sulfide) groups is 1. The summed E-state index contributed by atoms with van der Waals surface area (Å²) in [5, 5.41) is 0.245. The zero-order valence-corrected chi connectivity index (χ0v) is 10.8. The summed E-state index contributed by atoms with van der Waals surface area (Å²) in [5.74, 6) is -0.394. The Kier molecular flexibility index (Phi) is 5.15. The normalized spacial score (nSPS) is 13.6. The van der Waals surface area contributed by atoms with Gasteiger partial charge in [-0.15, -0.1) is 0 Å². The van der Waals surface area contributed by atoms with Crippen LogP contribution in [0.3, 0.4) is 0 Å². The standard InChI is InChI=1S/C9H9ClF3NOS2/c10-7-2-1-6(14)5-8(7)17(15)4-3-16-9(11,12)13/h1-2,5H,3-4,14H2. The van der Waals surface area contributed by atoms with E-state index in [1.54, 1.807) is 0 Å². The smallest absolute Gasteiger partial charge is 0.399 e. The van der Waals surface area contributed by atoms with E-state index >= 15 is 0 Å². The summed E-state index contributed by atoms with van der Waals surface area (Å²) in [6.07, 6.45) is 0. The molecule has 2 nitrogen and oxygen atoms in total. The second kappa shape index (κ2) is 5.97. The van der Waals surface area contributed by atoms with Gasteiger partial charge in [0.2, 0.25) is 0 Å². The zero-order chi connectivity index (χ0) is 13.1. The number of nitrogens with two attached hydrogens (primary N) is 1. The second-order valence-corrected chi connectivity index (χ2v) is 6.14. The lowest BCUT2D eigenvalue weighted by atomic mass is 10.3. The van der Waals surface area contributed by atoms with Crippen molar-refractivity contribution < 1.29 is 17.4 Å². The summed E-state index contributed by atoms with van der Waals surface area (Å²) < 4.78 is 47.3. The van der Waals surface area contributed by atoms with Crippen LogP contribution in [0.1, 0.15) is 0 Å². The Hall–Kier alpha value is -0.400. The zero-order valence-electron chi connectivity index (χ0n) is 8.46. The minimum atomic E-state index is -4.30. The number of halogens is 4. The lowest BCUT2D eigenvalue weighted by molar-refractivity contribution is -0.0326. The number of nitrogen functional groups attached to an aromatic ring is 1. The number of alkyl halides is 3. The van der Waals surface area contributed by atoms with Crippen LogP contribution in [-0.2, 0) is 10.8 Å². The molecule has 0 saturated heterocycles. The molecular formula is C9H9ClF3NOS2. The van der Waals surface area contributed by atoms with Crippen LogP contribution < -0.4 is 5.73 Å². The minimum Gasteiger partial charge on any atom is -0.399 e. The lowest BCUT2D eigenvalue weighted by Gasteiger charge is -2.07. The molecule has 0 aromatic heterocycles. The maximum atomic E-state index is 11.9. The Labute approximate surface area is 108 Å². The molecule has 17 heavy (non-hydrogen) atoms. The first-order valence-electron chi connectivity index (χ1n) is 4.43. The van der Waals surface area contributed by atoms with Crippen LogP contribution in [0.4, 0.5) is 18.9 Å². The van der Waals surface area contributed by atoms with Gasteiger partial charge in [-0.25, -0.2) is 0 Å². The third-order valence-electron chi connectivity index (χ3n) is 1.73. The van der Waals surface area contributed by atoms with Gasteiger partial charge in [0.1, 0.15) is 0 Å². The Morgan fingerprint density at radius 3 is 2.65 bits per heavy atom. The Balaban J connectivity index is 2.61. The van der Waals surface area contributed by atoms with Crippen molar-refractivity contribution in [3.05, 3.63) is 23.2 Å². The summed E-state index contributed by atoms with van der Waals surface area (Å²) in [6, 6.07) is 4.42. The summed E-state index contributed by atoms with van der Waals surface area (Å²) in [5.41, 5.74) is 1.56. The molecule has 1 atom stereocenters. The molecule has 0 aliphatic heterocycles. The molecule has 2 N–H and O–H groups in total. The molecule has 0 spiro atoms. The van der Waals surface area contributed by atoms with Crippen molar-refractivity contribution >= 4 is 39.8 Å². The lowest BCUT2D eigenvalue weighted by Crippen LogP contribution is -2.07. The molecule has 0 saturated carbocycles. The van der Waals surface area contributed by atoms with E-state index in [4.69, 9.17) is 17.3 Å². The molecule has 0 amide bonds. The van der Waals surface area contributed by atoms with Crippen molar-refractivity contribution in [2.45, 2.75) is 10.4 Å². The SMILES string of the molecule is Nc1ccc(Cl)c(S(=O)CCSC(F)(F)F)c1. The van der Waals surface area contributed by atoms with Crippen LogP contribution in [0.2, 0.25) is 5.02 Å². The van der Waals surface area contributed by atoms with E-state index in [9.17, 15) is 17.4 Å². The van der Waals surface area contributed by atoms with Crippen LogP contribution in [0, 0.1) is 0 Å². The van der Waals surface area contributed by atoms with Crippen molar-refractivity contribution in [2.75, 3.05) is 17.2 Å². The van der Waals surface area contributed by atoms with Crippen LogP contribution in [0.5, 0.6) is 0 Å². The van der Waals surface area contributed by atoms with Crippen LogP contribution >= 0.6 is 23.4 Å². The molecule has 1 aromatic rings. The highest BCUT2D eigenvalue weighted by atomic mass is 35.5. The van der Waals surface area contributed by atoms with Crippen molar-refractivity contribution in [3.8, 4) is 0 Å². The monoisotopic (exact) mass is 303 g/mol. The number of hydrogen-bond donors (Lipinski definition) is 1. The fourth-order valence-corrected chi connectivity index (χ4v) is 3.36. The predicted molar refractivity (Wildman–Crippen MR) is 65.7 cm³/mol. The molecular weight excluding hydrogens is 295 g/mol. The van der Waals surface area contributed by atoms with E-state index < -0.39 is 16.3 Å². The number of hydrogen-bond acceptors (Lipinski definition) is 3. The van der Waals surface area contributed by atoms with Gasteiger partial charge < -0.3 is 5.73 Å². The molecule has 1 rings (SSSR count). The molecule has 0 bridgehead atoms. The van der Waals surface area contributed by atoms with Crippen molar-refractivity contribution in [2.24, 2.45) is 0 Å². The molecule has 8 heteroatoms. The molecule has 0 aliphatic carbocycles. The molecule has 96 valence electrons. The Morgan fingerprint density at radius 2 is 2.06 bits per heavy atom. The van der Waals surface area contributed by atoms with Gasteiger partial charge in [-0.2, -0.15) is 13.2 Å². The summed E-state index contributed by atoms with van der Waals surface area (Å²) in [7, 11) is -1.57. The van der Waals surface area contributed by atoms with Gasteiger partial charge >= 0.3 is 5.51 Å². The van der Waals surface area contributed by atoms with E-state index in [1.807, 2.05) is 0 Å². The van der Waals surface area contributed by atoms with E-state index in [-0.39, 0.29) is 33.2 Å². The third-order valence-corrected chi connectivity index (χ3v) is 4.57. The Morgan fingerprint density at radius 1 is 1.41 bits per heavy atom. The van der Waals surface area contributed by atoms with Crippen molar-refractivity contribution in [1.82, 2.24) is 0 Å². The van der Waals surface area contributed by atoms with Gasteiger partial charge in [0, 0.05) is 17.2 Å². The van der Waals surface area contributed by atoms with Crippen molar-refractivity contribution in [3.63, 3.8) is 0 Å². The van der Waals surface area contributed by atoms with E-state index in [2.05, 4.69) is 0 Å². The Bertz CT molecular complexity index is 425.